The van der Waals surface area contributed by atoms with Crippen molar-refractivity contribution in [1.29, 1.82) is 0 Å². The Hall–Kier alpha value is -4.81. The lowest BCUT2D eigenvalue weighted by atomic mass is 9.94. The van der Waals surface area contributed by atoms with Crippen molar-refractivity contribution in [2.24, 2.45) is 0 Å². The zero-order valence-electron chi connectivity index (χ0n) is 25.1. The molecule has 6 rings (SSSR count). The normalized spacial score (nSPS) is 15.1. The van der Waals surface area contributed by atoms with E-state index in [0.717, 1.165) is 37.8 Å². The van der Waals surface area contributed by atoms with E-state index in [0.29, 0.717) is 45.4 Å². The molecule has 10 nitrogen and oxygen atoms in total. The SMILES string of the molecule is COc1cccc(NS(C)(=O)=O)c1-c1c(F)ccc2c(Oc3ncccc3-c3ccnc(N[C@H]4CCCNC4)n3)c(C)ccc12. The minimum atomic E-state index is -3.68. The lowest BCUT2D eigenvalue weighted by Gasteiger charge is -2.23. The predicted octanol–water partition coefficient (Wildman–Crippen LogP) is 6.14. The van der Waals surface area contributed by atoms with Crippen molar-refractivity contribution in [3.05, 3.63) is 84.4 Å². The molecule has 0 spiro atoms. The van der Waals surface area contributed by atoms with Crippen LogP contribution in [0.2, 0.25) is 0 Å². The second-order valence-electron chi connectivity index (χ2n) is 10.9. The Bertz CT molecular complexity index is 1980. The fourth-order valence-electron chi connectivity index (χ4n) is 5.59. The van der Waals surface area contributed by atoms with Crippen LogP contribution < -0.4 is 24.8 Å². The first-order chi connectivity index (χ1) is 21.7. The first-order valence-corrected chi connectivity index (χ1v) is 16.4. The topological polar surface area (TPSA) is 127 Å². The molecule has 232 valence electrons. The van der Waals surface area contributed by atoms with Gasteiger partial charge in [0.2, 0.25) is 21.9 Å². The zero-order chi connectivity index (χ0) is 31.6. The van der Waals surface area contributed by atoms with Crippen LogP contribution in [-0.4, -0.2) is 55.9 Å². The van der Waals surface area contributed by atoms with Crippen LogP contribution >= 0.6 is 0 Å². The Morgan fingerprint density at radius 1 is 0.978 bits per heavy atom. The Balaban J connectivity index is 1.44. The van der Waals surface area contributed by atoms with E-state index in [1.165, 1.54) is 13.2 Å². The van der Waals surface area contributed by atoms with Crippen molar-refractivity contribution in [1.82, 2.24) is 20.3 Å². The van der Waals surface area contributed by atoms with E-state index in [1.807, 2.05) is 25.1 Å². The van der Waals surface area contributed by atoms with Gasteiger partial charge in [-0.25, -0.2) is 27.8 Å². The van der Waals surface area contributed by atoms with Crippen molar-refractivity contribution in [3.63, 3.8) is 0 Å². The van der Waals surface area contributed by atoms with E-state index < -0.39 is 15.8 Å². The van der Waals surface area contributed by atoms with Gasteiger partial charge in [0.25, 0.3) is 0 Å². The van der Waals surface area contributed by atoms with Crippen LogP contribution in [0.4, 0.5) is 16.0 Å². The molecule has 3 aromatic carbocycles. The fraction of sp³-hybridized carbons (Fsp3) is 0.242. The van der Waals surface area contributed by atoms with Crippen molar-refractivity contribution < 1.29 is 22.3 Å². The number of nitrogens with one attached hydrogen (secondary N) is 3. The van der Waals surface area contributed by atoms with Crippen LogP contribution in [0.5, 0.6) is 17.4 Å². The molecule has 0 amide bonds. The predicted molar refractivity (Wildman–Crippen MR) is 174 cm³/mol. The third-order valence-corrected chi connectivity index (χ3v) is 8.21. The van der Waals surface area contributed by atoms with Crippen LogP contribution in [0.25, 0.3) is 33.2 Å². The average Bonchev–Trinajstić information content (AvgIpc) is 3.03. The first kappa shape index (κ1) is 30.2. The summed E-state index contributed by atoms with van der Waals surface area (Å²) in [6, 6.07) is 17.2. The molecule has 45 heavy (non-hydrogen) atoms. The lowest BCUT2D eigenvalue weighted by Crippen LogP contribution is -2.38. The Morgan fingerprint density at radius 3 is 2.60 bits per heavy atom. The van der Waals surface area contributed by atoms with Crippen molar-refractivity contribution in [2.45, 2.75) is 25.8 Å². The molecule has 0 bridgehead atoms. The molecule has 0 aliphatic carbocycles. The van der Waals surface area contributed by atoms with Gasteiger partial charge in [-0.2, -0.15) is 0 Å². The summed E-state index contributed by atoms with van der Waals surface area (Å²) < 4.78 is 54.8. The summed E-state index contributed by atoms with van der Waals surface area (Å²) in [4.78, 5) is 13.7. The Morgan fingerprint density at radius 2 is 1.82 bits per heavy atom. The molecule has 1 aliphatic heterocycles. The Labute approximate surface area is 261 Å². The number of ether oxygens (including phenoxy) is 2. The third kappa shape index (κ3) is 6.52. The van der Waals surface area contributed by atoms with Gasteiger partial charge in [-0.3, -0.25) is 4.72 Å². The van der Waals surface area contributed by atoms with Gasteiger partial charge in [0.15, 0.2) is 0 Å². The van der Waals surface area contributed by atoms with E-state index in [4.69, 9.17) is 14.5 Å². The average molecular weight is 629 g/mol. The van der Waals surface area contributed by atoms with Crippen LogP contribution in [0.1, 0.15) is 18.4 Å². The number of nitrogens with zero attached hydrogens (tertiary/aromatic N) is 3. The first-order valence-electron chi connectivity index (χ1n) is 14.5. The highest BCUT2D eigenvalue weighted by molar-refractivity contribution is 7.92. The van der Waals surface area contributed by atoms with Crippen LogP contribution in [-0.2, 0) is 10.0 Å². The van der Waals surface area contributed by atoms with Gasteiger partial charge in [0.05, 0.1) is 35.9 Å². The van der Waals surface area contributed by atoms with Gasteiger partial charge in [0, 0.05) is 35.9 Å². The number of hydrogen-bond acceptors (Lipinski definition) is 9. The molecule has 2 aromatic heterocycles. The number of halogens is 1. The Kier molecular flexibility index (Phi) is 8.50. The molecule has 0 radical (unpaired) electrons. The summed E-state index contributed by atoms with van der Waals surface area (Å²) in [6.07, 6.45) is 6.49. The number of hydrogen-bond donors (Lipinski definition) is 3. The number of piperidine rings is 1. The summed E-state index contributed by atoms with van der Waals surface area (Å²) in [6.45, 7) is 3.75. The molecule has 1 saturated heterocycles. The van der Waals surface area contributed by atoms with Crippen molar-refractivity contribution >= 4 is 32.4 Å². The summed E-state index contributed by atoms with van der Waals surface area (Å²) in [5.41, 5.74) is 2.72. The maximum absolute atomic E-state index is 15.8. The number of pyridine rings is 1. The molecule has 5 aromatic rings. The highest BCUT2D eigenvalue weighted by Crippen LogP contribution is 2.45. The van der Waals surface area contributed by atoms with Gasteiger partial charge in [-0.05, 0) is 79.7 Å². The van der Waals surface area contributed by atoms with Crippen molar-refractivity contribution in [3.8, 4) is 39.8 Å². The minimum Gasteiger partial charge on any atom is -0.496 e. The lowest BCUT2D eigenvalue weighted by molar-refractivity contribution is 0.416. The number of aryl methyl sites for hydroxylation is 1. The van der Waals surface area contributed by atoms with Gasteiger partial charge in [-0.1, -0.05) is 18.2 Å². The van der Waals surface area contributed by atoms with Crippen LogP contribution in [0, 0.1) is 12.7 Å². The number of sulfonamides is 1. The summed E-state index contributed by atoms with van der Waals surface area (Å²) in [5, 5.41) is 7.91. The molecular formula is C33H33FN6O4S. The van der Waals surface area contributed by atoms with Gasteiger partial charge in [-0.15, -0.1) is 0 Å². The molecule has 0 saturated carbocycles. The maximum atomic E-state index is 15.8. The maximum Gasteiger partial charge on any atom is 0.229 e. The van der Waals surface area contributed by atoms with E-state index in [9.17, 15) is 8.42 Å². The second-order valence-corrected chi connectivity index (χ2v) is 12.6. The van der Waals surface area contributed by atoms with Crippen LogP contribution in [0.3, 0.4) is 0 Å². The second kappa shape index (κ2) is 12.7. The van der Waals surface area contributed by atoms with Crippen LogP contribution in [0.15, 0.2) is 73.1 Å². The fourth-order valence-corrected chi connectivity index (χ4v) is 6.16. The number of aromatic nitrogens is 3. The largest absolute Gasteiger partial charge is 0.496 e. The molecule has 3 N–H and O–H groups in total. The van der Waals surface area contributed by atoms with Gasteiger partial charge < -0.3 is 20.1 Å². The number of fused-ring (bicyclic) bond motifs is 1. The standard InChI is InChI=1S/C33H33FN6O4S/c1-20-11-12-22-23(13-14-25(34)29(22)30-27(40-45(3,41)42)9-4-10-28(30)43-2)31(20)44-32-24(8-6-17-36-32)26-15-18-37-33(39-26)38-21-7-5-16-35-19-21/h4,6,8-15,17-18,21,35,40H,5,7,16,19H2,1-3H3,(H,37,38,39)/t21-/m0/s1. The molecule has 1 aliphatic rings. The summed E-state index contributed by atoms with van der Waals surface area (Å²) in [5.74, 6) is 1.07. The highest BCUT2D eigenvalue weighted by atomic mass is 32.2. The molecule has 3 heterocycles. The monoisotopic (exact) mass is 628 g/mol. The van der Waals surface area contributed by atoms with E-state index >= 15 is 4.39 Å². The quantitative estimate of drug-likeness (QED) is 0.176. The number of rotatable bonds is 9. The summed E-state index contributed by atoms with van der Waals surface area (Å²) in [7, 11) is -2.22. The molecular weight excluding hydrogens is 595 g/mol. The third-order valence-electron chi connectivity index (χ3n) is 7.62. The van der Waals surface area contributed by atoms with Crippen molar-refractivity contribution in [2.75, 3.05) is 36.5 Å². The summed E-state index contributed by atoms with van der Waals surface area (Å²) >= 11 is 0. The van der Waals surface area contributed by atoms with E-state index in [2.05, 4.69) is 25.3 Å². The number of anilines is 2. The zero-order valence-corrected chi connectivity index (χ0v) is 25.9. The molecule has 0 unspecified atom stereocenters. The smallest absolute Gasteiger partial charge is 0.229 e. The number of methoxy groups -OCH3 is 1. The van der Waals surface area contributed by atoms with E-state index in [1.54, 1.807) is 48.8 Å². The van der Waals surface area contributed by atoms with Gasteiger partial charge >= 0.3 is 0 Å². The molecule has 1 atom stereocenters. The number of benzene rings is 3. The van der Waals surface area contributed by atoms with Gasteiger partial charge in [0.1, 0.15) is 17.3 Å². The minimum absolute atomic E-state index is 0.172. The molecule has 1 fully saturated rings. The highest BCUT2D eigenvalue weighted by Gasteiger charge is 2.23. The van der Waals surface area contributed by atoms with E-state index in [-0.39, 0.29) is 22.9 Å². The molecule has 12 heteroatoms.